The van der Waals surface area contributed by atoms with Gasteiger partial charge >= 0.3 is 0 Å². The molecule has 32 heavy (non-hydrogen) atoms. The SMILES string of the molecule is C1=Cc2nc1c1ccc([nH]1)c1ccccc1c1nc(c3ccc([nH]3)c3ccccc23)C=C1. The molecule has 0 amide bonds. The number of nitrogens with zero attached hydrogens (tertiary/aromatic N) is 2. The lowest BCUT2D eigenvalue weighted by Crippen LogP contribution is -1.81. The fourth-order valence-electron chi connectivity index (χ4n) is 4.61. The predicted octanol–water partition coefficient (Wildman–Crippen LogP) is 6.96. The summed E-state index contributed by atoms with van der Waals surface area (Å²) in [6.45, 7) is 0. The smallest absolute Gasteiger partial charge is 0.0872 e. The fourth-order valence-corrected chi connectivity index (χ4v) is 4.61. The second-order valence-corrected chi connectivity index (χ2v) is 8.09. The number of nitrogens with one attached hydrogen (secondary N) is 2. The molecule has 2 aliphatic heterocycles. The van der Waals surface area contributed by atoms with Crippen LogP contribution in [0, 0.1) is 0 Å². The van der Waals surface area contributed by atoms with Crippen LogP contribution in [0.3, 0.4) is 0 Å². The average Bonchev–Trinajstić information content (AvgIpc) is 3.63. The van der Waals surface area contributed by atoms with E-state index in [1.165, 1.54) is 0 Å². The maximum atomic E-state index is 4.96. The van der Waals surface area contributed by atoms with Crippen molar-refractivity contribution in [1.29, 1.82) is 0 Å². The molecule has 150 valence electrons. The predicted molar refractivity (Wildman–Crippen MR) is 134 cm³/mol. The van der Waals surface area contributed by atoms with Crippen LogP contribution in [0.15, 0.2) is 72.8 Å². The van der Waals surface area contributed by atoms with Gasteiger partial charge < -0.3 is 9.97 Å². The third-order valence-corrected chi connectivity index (χ3v) is 6.19. The van der Waals surface area contributed by atoms with E-state index >= 15 is 0 Å². The van der Waals surface area contributed by atoms with Gasteiger partial charge in [0.1, 0.15) is 0 Å². The molecule has 2 N–H and O–H groups in total. The number of rotatable bonds is 0. The van der Waals surface area contributed by atoms with Gasteiger partial charge in [0.2, 0.25) is 0 Å². The third-order valence-electron chi connectivity index (χ3n) is 6.19. The molecule has 0 fully saturated rings. The fraction of sp³-hybridized carbons (Fsp3) is 0. The number of hydrogen-bond donors (Lipinski definition) is 2. The summed E-state index contributed by atoms with van der Waals surface area (Å²) in [6.07, 6.45) is 8.34. The van der Waals surface area contributed by atoms with Crippen LogP contribution in [0.25, 0.3) is 67.9 Å². The van der Waals surface area contributed by atoms with Crippen molar-refractivity contribution in [2.45, 2.75) is 0 Å². The van der Waals surface area contributed by atoms with Gasteiger partial charge in [-0.1, -0.05) is 48.5 Å². The topological polar surface area (TPSA) is 57.4 Å². The number of hydrogen-bond acceptors (Lipinski definition) is 2. The van der Waals surface area contributed by atoms with Crippen LogP contribution in [0.1, 0.15) is 22.8 Å². The van der Waals surface area contributed by atoms with Crippen molar-refractivity contribution in [2.75, 3.05) is 0 Å². The first-order valence-electron chi connectivity index (χ1n) is 10.7. The summed E-state index contributed by atoms with van der Waals surface area (Å²) in [5.41, 5.74) is 7.91. The Kier molecular flexibility index (Phi) is 3.52. The second-order valence-electron chi connectivity index (χ2n) is 8.09. The van der Waals surface area contributed by atoms with Gasteiger partial charge in [0, 0.05) is 32.6 Å². The summed E-state index contributed by atoms with van der Waals surface area (Å²) < 4.78 is 0. The van der Waals surface area contributed by atoms with Gasteiger partial charge in [0.25, 0.3) is 0 Å². The van der Waals surface area contributed by atoms with E-state index in [0.717, 1.165) is 66.4 Å². The lowest BCUT2D eigenvalue weighted by atomic mass is 10.1. The van der Waals surface area contributed by atoms with E-state index in [-0.39, 0.29) is 0 Å². The minimum Gasteiger partial charge on any atom is -0.353 e. The van der Waals surface area contributed by atoms with E-state index in [1.807, 2.05) is 0 Å². The molecule has 3 aromatic heterocycles. The Morgan fingerprint density at radius 2 is 0.750 bits per heavy atom. The first-order valence-corrected chi connectivity index (χ1v) is 10.7. The molecule has 0 aliphatic carbocycles. The Balaban J connectivity index is 1.73. The zero-order chi connectivity index (χ0) is 21.1. The van der Waals surface area contributed by atoms with Gasteiger partial charge in [0.15, 0.2) is 0 Å². The van der Waals surface area contributed by atoms with Crippen LogP contribution in [-0.4, -0.2) is 19.9 Å². The molecule has 0 atom stereocenters. The Morgan fingerprint density at radius 1 is 0.375 bits per heavy atom. The van der Waals surface area contributed by atoms with Crippen molar-refractivity contribution in [2.24, 2.45) is 0 Å². The quantitative estimate of drug-likeness (QED) is 0.284. The lowest BCUT2D eigenvalue weighted by molar-refractivity contribution is 1.33. The normalized spacial score (nSPS) is 12.8. The molecular weight excluding hydrogens is 392 g/mol. The highest BCUT2D eigenvalue weighted by atomic mass is 14.8. The zero-order valence-electron chi connectivity index (χ0n) is 17.1. The third kappa shape index (κ3) is 2.56. The summed E-state index contributed by atoms with van der Waals surface area (Å²) in [7, 11) is 0. The van der Waals surface area contributed by atoms with Gasteiger partial charge in [-0.2, -0.15) is 0 Å². The van der Waals surface area contributed by atoms with Crippen molar-refractivity contribution >= 4 is 67.9 Å². The van der Waals surface area contributed by atoms with E-state index in [0.29, 0.717) is 0 Å². The lowest BCUT2D eigenvalue weighted by Gasteiger charge is -1.98. The van der Waals surface area contributed by atoms with Gasteiger partial charge in [-0.3, -0.25) is 0 Å². The van der Waals surface area contributed by atoms with Crippen LogP contribution in [0.4, 0.5) is 0 Å². The molecule has 2 aliphatic rings. The highest BCUT2D eigenvalue weighted by Gasteiger charge is 2.10. The Hall–Kier alpha value is -4.44. The molecule has 0 spiro atoms. The molecule has 4 nitrogen and oxygen atoms in total. The van der Waals surface area contributed by atoms with E-state index in [1.54, 1.807) is 0 Å². The van der Waals surface area contributed by atoms with Gasteiger partial charge in [-0.15, -0.1) is 0 Å². The Bertz CT molecular complexity index is 1650. The van der Waals surface area contributed by atoms with Crippen LogP contribution < -0.4 is 0 Å². The van der Waals surface area contributed by atoms with Crippen LogP contribution in [0.2, 0.25) is 0 Å². The minimum atomic E-state index is 0.937. The van der Waals surface area contributed by atoms with Crippen molar-refractivity contribution in [3.63, 3.8) is 0 Å². The average molecular weight is 410 g/mol. The molecule has 0 saturated carbocycles. The standard InChI is InChI=1S/C28H18N4/c1-2-6-18-17(5-1)21-9-13-25(29-21)26-15-11-23(31-26)19-7-3-4-8-20(19)24-12-16-28(32-24)27-14-10-22(18)30-27/h1-16,29,32H. The first kappa shape index (κ1) is 17.3. The molecule has 2 aromatic carbocycles. The maximum absolute atomic E-state index is 4.96. The molecular formula is C28H18N4. The van der Waals surface area contributed by atoms with Gasteiger partial charge in [-0.05, 0) is 48.6 Å². The number of benzene rings is 2. The summed E-state index contributed by atoms with van der Waals surface area (Å²) >= 11 is 0. The molecule has 7 rings (SSSR count). The van der Waals surface area contributed by atoms with Crippen molar-refractivity contribution in [3.8, 4) is 0 Å². The van der Waals surface area contributed by atoms with Gasteiger partial charge in [-0.25, -0.2) is 9.97 Å². The molecule has 0 unspecified atom stereocenters. The Morgan fingerprint density at radius 3 is 1.22 bits per heavy atom. The summed E-state index contributed by atoms with van der Waals surface area (Å²) in [5, 5.41) is 4.46. The summed E-state index contributed by atoms with van der Waals surface area (Å²) in [5.74, 6) is 0. The largest absolute Gasteiger partial charge is 0.353 e. The first-order chi connectivity index (χ1) is 15.8. The maximum Gasteiger partial charge on any atom is 0.0872 e. The minimum absolute atomic E-state index is 0.937. The number of H-pyrrole nitrogens is 2. The van der Waals surface area contributed by atoms with Gasteiger partial charge in [0.05, 0.1) is 33.8 Å². The highest BCUT2D eigenvalue weighted by Crippen LogP contribution is 2.28. The number of aromatic amines is 2. The second kappa shape index (κ2) is 6.53. The highest BCUT2D eigenvalue weighted by molar-refractivity contribution is 6.04. The molecule has 5 aromatic rings. The Labute approximate surface area is 183 Å². The van der Waals surface area contributed by atoms with Crippen molar-refractivity contribution in [1.82, 2.24) is 19.9 Å². The molecule has 8 bridgehead atoms. The van der Waals surface area contributed by atoms with Crippen LogP contribution >= 0.6 is 0 Å². The molecule has 0 radical (unpaired) electrons. The van der Waals surface area contributed by atoms with E-state index < -0.39 is 0 Å². The number of fused-ring (bicyclic) bond motifs is 16. The van der Waals surface area contributed by atoms with E-state index in [2.05, 4.69) is 107 Å². The van der Waals surface area contributed by atoms with Crippen molar-refractivity contribution in [3.05, 3.63) is 95.6 Å². The molecule has 0 saturated heterocycles. The van der Waals surface area contributed by atoms with Crippen LogP contribution in [0.5, 0.6) is 0 Å². The zero-order valence-corrected chi connectivity index (χ0v) is 17.1. The molecule has 4 heteroatoms. The summed E-state index contributed by atoms with van der Waals surface area (Å²) in [6, 6.07) is 25.2. The van der Waals surface area contributed by atoms with E-state index in [4.69, 9.17) is 9.97 Å². The van der Waals surface area contributed by atoms with Crippen molar-refractivity contribution < 1.29 is 0 Å². The van der Waals surface area contributed by atoms with Crippen LogP contribution in [-0.2, 0) is 0 Å². The number of aromatic nitrogens is 4. The molecule has 5 heterocycles. The monoisotopic (exact) mass is 410 g/mol. The van der Waals surface area contributed by atoms with E-state index in [9.17, 15) is 0 Å². The summed E-state index contributed by atoms with van der Waals surface area (Å²) in [4.78, 5) is 17.1.